The second kappa shape index (κ2) is 10.7. The van der Waals surface area contributed by atoms with Gasteiger partial charge in [-0.15, -0.1) is 12.6 Å². The SMILES string of the molecule is O=C(CCNCc1ccc(F)c(Cl)c1)N1CCc2nc(C3CCC3)n(-c3ccccc3)c(=O)c2C1S. The monoisotopic (exact) mass is 526 g/mol. The zero-order chi connectivity index (χ0) is 25.2. The van der Waals surface area contributed by atoms with Gasteiger partial charge in [-0.3, -0.25) is 14.2 Å². The fourth-order valence-corrected chi connectivity index (χ4v) is 5.51. The molecule has 1 atom stereocenters. The maximum absolute atomic E-state index is 13.8. The average Bonchev–Trinajstić information content (AvgIpc) is 2.83. The number of halogens is 2. The summed E-state index contributed by atoms with van der Waals surface area (Å²) >= 11 is 10.6. The number of hydrogen-bond donors (Lipinski definition) is 2. The molecule has 0 spiro atoms. The van der Waals surface area contributed by atoms with Crippen molar-refractivity contribution in [1.82, 2.24) is 19.8 Å². The van der Waals surface area contributed by atoms with Crippen molar-refractivity contribution in [2.75, 3.05) is 13.1 Å². The Hall–Kier alpha value is -2.68. The zero-order valence-corrected chi connectivity index (χ0v) is 21.4. The van der Waals surface area contributed by atoms with Gasteiger partial charge in [0.05, 0.1) is 22.0 Å². The topological polar surface area (TPSA) is 67.2 Å². The largest absolute Gasteiger partial charge is 0.326 e. The Morgan fingerprint density at radius 1 is 1.19 bits per heavy atom. The van der Waals surface area contributed by atoms with Crippen LogP contribution >= 0.6 is 24.2 Å². The molecule has 188 valence electrons. The van der Waals surface area contributed by atoms with E-state index in [-0.39, 0.29) is 28.8 Å². The summed E-state index contributed by atoms with van der Waals surface area (Å²) in [5.41, 5.74) is 2.72. The molecular formula is C27H28ClFN4O2S. The molecule has 6 nitrogen and oxygen atoms in total. The highest BCUT2D eigenvalue weighted by atomic mass is 35.5. The lowest BCUT2D eigenvalue weighted by atomic mass is 9.84. The van der Waals surface area contributed by atoms with Crippen LogP contribution in [0.5, 0.6) is 0 Å². The van der Waals surface area contributed by atoms with Crippen molar-refractivity contribution in [3.8, 4) is 5.69 Å². The van der Waals surface area contributed by atoms with Crippen LogP contribution < -0.4 is 10.9 Å². The first kappa shape index (κ1) is 25.0. The third-order valence-corrected chi connectivity index (χ3v) is 7.83. The summed E-state index contributed by atoms with van der Waals surface area (Å²) in [5.74, 6) is 0.561. The number of benzene rings is 2. The number of hydrogen-bond acceptors (Lipinski definition) is 5. The maximum Gasteiger partial charge on any atom is 0.264 e. The molecule has 1 amide bonds. The number of amides is 1. The Bertz CT molecular complexity index is 1330. The van der Waals surface area contributed by atoms with Crippen LogP contribution in [-0.2, 0) is 17.8 Å². The molecule has 1 fully saturated rings. The number of fused-ring (bicyclic) bond motifs is 1. The number of aromatic nitrogens is 2. The van der Waals surface area contributed by atoms with E-state index < -0.39 is 11.2 Å². The van der Waals surface area contributed by atoms with Gasteiger partial charge in [-0.1, -0.05) is 42.3 Å². The minimum absolute atomic E-state index is 0.0745. The first-order valence-corrected chi connectivity index (χ1v) is 13.2. The molecule has 2 aliphatic rings. The molecule has 1 N–H and O–H groups in total. The van der Waals surface area contributed by atoms with Crippen LogP contribution in [0.4, 0.5) is 4.39 Å². The maximum atomic E-state index is 13.8. The summed E-state index contributed by atoms with van der Waals surface area (Å²) < 4.78 is 15.1. The molecule has 36 heavy (non-hydrogen) atoms. The van der Waals surface area contributed by atoms with Crippen LogP contribution in [0.25, 0.3) is 5.69 Å². The standard InChI is InChI=1S/C27H28ClFN4O2S/c28-20-15-17(9-10-21(20)29)16-30-13-11-23(34)32-14-12-22-24(27(32)36)26(35)33(19-7-2-1-3-8-19)25(31-22)18-5-4-6-18/h1-3,7-10,15,18,27,30,36H,4-6,11-14,16H2. The van der Waals surface area contributed by atoms with Gasteiger partial charge in [-0.05, 0) is 42.7 Å². The lowest BCUT2D eigenvalue weighted by Gasteiger charge is -2.35. The Balaban J connectivity index is 1.32. The Labute approximate surface area is 219 Å². The molecule has 0 saturated heterocycles. The first-order chi connectivity index (χ1) is 17.4. The Morgan fingerprint density at radius 3 is 2.67 bits per heavy atom. The third-order valence-electron chi connectivity index (χ3n) is 7.00. The van der Waals surface area contributed by atoms with Gasteiger partial charge in [0.1, 0.15) is 17.0 Å². The van der Waals surface area contributed by atoms with Gasteiger partial charge in [-0.25, -0.2) is 9.37 Å². The van der Waals surface area contributed by atoms with Gasteiger partial charge in [0.15, 0.2) is 0 Å². The van der Waals surface area contributed by atoms with E-state index in [4.69, 9.17) is 29.2 Å². The molecule has 2 aromatic carbocycles. The van der Waals surface area contributed by atoms with E-state index in [1.807, 2.05) is 30.3 Å². The number of carbonyl (C=O) groups is 1. The lowest BCUT2D eigenvalue weighted by molar-refractivity contribution is -0.132. The average molecular weight is 527 g/mol. The van der Waals surface area contributed by atoms with Crippen LogP contribution in [0.1, 0.15) is 59.6 Å². The molecule has 0 radical (unpaired) electrons. The molecule has 1 aliphatic carbocycles. The number of rotatable bonds is 7. The molecule has 1 unspecified atom stereocenters. The van der Waals surface area contributed by atoms with Crippen LogP contribution in [0.3, 0.4) is 0 Å². The summed E-state index contributed by atoms with van der Waals surface area (Å²) in [7, 11) is 0. The van der Waals surface area contributed by atoms with E-state index in [9.17, 15) is 14.0 Å². The molecule has 2 heterocycles. The quantitative estimate of drug-likeness (QED) is 0.343. The zero-order valence-electron chi connectivity index (χ0n) is 19.8. The van der Waals surface area contributed by atoms with E-state index in [2.05, 4.69) is 5.32 Å². The Morgan fingerprint density at radius 2 is 1.97 bits per heavy atom. The number of nitrogens with one attached hydrogen (secondary N) is 1. The van der Waals surface area contributed by atoms with Crippen molar-refractivity contribution in [3.05, 3.63) is 92.4 Å². The van der Waals surface area contributed by atoms with Crippen LogP contribution in [0.15, 0.2) is 53.3 Å². The highest BCUT2D eigenvalue weighted by Gasteiger charge is 2.35. The third kappa shape index (κ3) is 4.94. The lowest BCUT2D eigenvalue weighted by Crippen LogP contribution is -2.44. The van der Waals surface area contributed by atoms with Gasteiger partial charge in [-0.2, -0.15) is 0 Å². The van der Waals surface area contributed by atoms with Crippen molar-refractivity contribution in [2.45, 2.75) is 49.9 Å². The van der Waals surface area contributed by atoms with E-state index in [1.54, 1.807) is 21.6 Å². The summed E-state index contributed by atoms with van der Waals surface area (Å²) in [5, 5.41) is 2.62. The summed E-state index contributed by atoms with van der Waals surface area (Å²) in [4.78, 5) is 33.5. The number of nitrogens with zero attached hydrogens (tertiary/aromatic N) is 3. The van der Waals surface area contributed by atoms with Crippen LogP contribution in [0, 0.1) is 5.82 Å². The highest BCUT2D eigenvalue weighted by Crippen LogP contribution is 2.38. The molecule has 1 aromatic heterocycles. The number of thiol groups is 1. The fourth-order valence-electron chi connectivity index (χ4n) is 4.80. The van der Waals surface area contributed by atoms with Crippen molar-refractivity contribution >= 4 is 30.1 Å². The first-order valence-electron chi connectivity index (χ1n) is 12.3. The van der Waals surface area contributed by atoms with Gasteiger partial charge < -0.3 is 10.2 Å². The van der Waals surface area contributed by atoms with E-state index in [0.717, 1.165) is 42.0 Å². The molecule has 1 aliphatic heterocycles. The summed E-state index contributed by atoms with van der Waals surface area (Å²) in [6.07, 6.45) is 3.99. The van der Waals surface area contributed by atoms with Crippen molar-refractivity contribution in [2.24, 2.45) is 0 Å². The second-order valence-corrected chi connectivity index (χ2v) is 10.2. The number of para-hydroxylation sites is 1. The van der Waals surface area contributed by atoms with Gasteiger partial charge >= 0.3 is 0 Å². The predicted molar refractivity (Wildman–Crippen MR) is 141 cm³/mol. The summed E-state index contributed by atoms with van der Waals surface area (Å²) in [6.45, 7) is 1.38. The Kier molecular flexibility index (Phi) is 7.46. The molecule has 9 heteroatoms. The predicted octanol–water partition coefficient (Wildman–Crippen LogP) is 4.79. The van der Waals surface area contributed by atoms with Gasteiger partial charge in [0.2, 0.25) is 5.91 Å². The second-order valence-electron chi connectivity index (χ2n) is 9.32. The van der Waals surface area contributed by atoms with Crippen molar-refractivity contribution < 1.29 is 9.18 Å². The van der Waals surface area contributed by atoms with Crippen LogP contribution in [0.2, 0.25) is 5.02 Å². The number of carbonyl (C=O) groups excluding carboxylic acids is 1. The summed E-state index contributed by atoms with van der Waals surface area (Å²) in [6, 6.07) is 14.1. The smallest absolute Gasteiger partial charge is 0.264 e. The van der Waals surface area contributed by atoms with Gasteiger partial charge in [0.25, 0.3) is 5.56 Å². The van der Waals surface area contributed by atoms with Crippen molar-refractivity contribution in [3.63, 3.8) is 0 Å². The van der Waals surface area contributed by atoms with Crippen molar-refractivity contribution in [1.29, 1.82) is 0 Å². The van der Waals surface area contributed by atoms with E-state index in [1.165, 1.54) is 6.07 Å². The molecule has 1 saturated carbocycles. The normalized spacial score (nSPS) is 17.5. The molecule has 0 bridgehead atoms. The van der Waals surface area contributed by atoms with Crippen LogP contribution in [-0.4, -0.2) is 33.4 Å². The molecular weight excluding hydrogens is 499 g/mol. The minimum Gasteiger partial charge on any atom is -0.326 e. The molecule has 3 aromatic rings. The van der Waals surface area contributed by atoms with E-state index >= 15 is 0 Å². The van der Waals surface area contributed by atoms with Gasteiger partial charge in [0, 0.05) is 38.4 Å². The molecule has 5 rings (SSSR count). The van der Waals surface area contributed by atoms with E-state index in [0.29, 0.717) is 31.6 Å². The highest BCUT2D eigenvalue weighted by molar-refractivity contribution is 7.80. The fraction of sp³-hybridized carbons (Fsp3) is 0.370. The minimum atomic E-state index is -0.650.